The standard InChI is InChI=1S/C14H17F3N4O2S/c1-20(2)6-4-5-18-14-19-11-10(16)9(15)7-8(13(22)23-3)12(11)21(14)24-17/h7H,4-6H2,1-3H3,(H,18,19). The average molecular weight is 362 g/mol. The minimum atomic E-state index is -1.25. The minimum Gasteiger partial charge on any atom is -0.465 e. The summed E-state index contributed by atoms with van der Waals surface area (Å²) in [6, 6.07) is 0.674. The van der Waals surface area contributed by atoms with E-state index in [9.17, 15) is 17.5 Å². The van der Waals surface area contributed by atoms with E-state index in [2.05, 4.69) is 15.0 Å². The lowest BCUT2D eigenvalue weighted by Crippen LogP contribution is -2.17. The smallest absolute Gasteiger partial charge is 0.340 e. The molecule has 1 aromatic heterocycles. The Morgan fingerprint density at radius 3 is 2.75 bits per heavy atom. The first kappa shape index (κ1) is 18.4. The number of fused-ring (bicyclic) bond motifs is 1. The maximum absolute atomic E-state index is 14.0. The van der Waals surface area contributed by atoms with Crippen molar-refractivity contribution in [1.82, 2.24) is 13.9 Å². The van der Waals surface area contributed by atoms with Gasteiger partial charge in [0.05, 0.1) is 12.7 Å². The molecule has 0 atom stereocenters. The lowest BCUT2D eigenvalue weighted by molar-refractivity contribution is 0.0602. The van der Waals surface area contributed by atoms with Crippen molar-refractivity contribution >= 4 is 35.3 Å². The quantitative estimate of drug-likeness (QED) is 0.604. The van der Waals surface area contributed by atoms with Crippen LogP contribution in [-0.2, 0) is 4.74 Å². The summed E-state index contributed by atoms with van der Waals surface area (Å²) in [6.07, 6.45) is 0.730. The van der Waals surface area contributed by atoms with Crippen molar-refractivity contribution in [2.24, 2.45) is 0 Å². The van der Waals surface area contributed by atoms with Crippen LogP contribution in [0.2, 0.25) is 0 Å². The van der Waals surface area contributed by atoms with E-state index in [1.165, 1.54) is 0 Å². The van der Waals surface area contributed by atoms with E-state index >= 15 is 0 Å². The number of nitrogens with one attached hydrogen (secondary N) is 1. The summed E-state index contributed by atoms with van der Waals surface area (Å²) < 4.78 is 46.5. The van der Waals surface area contributed by atoms with Crippen LogP contribution in [0.3, 0.4) is 0 Å². The topological polar surface area (TPSA) is 59.4 Å². The minimum absolute atomic E-state index is 0.00842. The summed E-state index contributed by atoms with van der Waals surface area (Å²) in [6.45, 7) is 1.23. The maximum atomic E-state index is 14.0. The highest BCUT2D eigenvalue weighted by molar-refractivity contribution is 7.93. The van der Waals surface area contributed by atoms with Gasteiger partial charge in [-0.25, -0.2) is 22.5 Å². The van der Waals surface area contributed by atoms with Gasteiger partial charge in [-0.3, -0.25) is 0 Å². The van der Waals surface area contributed by atoms with Gasteiger partial charge in [-0.15, -0.1) is 3.89 Å². The molecule has 0 aliphatic carbocycles. The largest absolute Gasteiger partial charge is 0.465 e. The molecule has 6 nitrogen and oxygen atoms in total. The van der Waals surface area contributed by atoms with Gasteiger partial charge < -0.3 is 15.0 Å². The van der Waals surface area contributed by atoms with Gasteiger partial charge in [0.2, 0.25) is 5.95 Å². The highest BCUT2D eigenvalue weighted by Gasteiger charge is 2.25. The predicted molar refractivity (Wildman–Crippen MR) is 86.7 cm³/mol. The third-order valence-electron chi connectivity index (χ3n) is 3.32. The van der Waals surface area contributed by atoms with Gasteiger partial charge >= 0.3 is 5.97 Å². The van der Waals surface area contributed by atoms with Gasteiger partial charge in [-0.05, 0) is 33.1 Å². The van der Waals surface area contributed by atoms with Gasteiger partial charge in [0.25, 0.3) is 0 Å². The van der Waals surface area contributed by atoms with E-state index in [4.69, 9.17) is 0 Å². The highest BCUT2D eigenvalue weighted by Crippen LogP contribution is 2.32. The summed E-state index contributed by atoms with van der Waals surface area (Å²) in [5, 5.41) is 2.86. The van der Waals surface area contributed by atoms with Gasteiger partial charge in [0.1, 0.15) is 11.0 Å². The second-order valence-electron chi connectivity index (χ2n) is 5.29. The zero-order valence-corrected chi connectivity index (χ0v) is 14.2. The second kappa shape index (κ2) is 7.75. The Bertz CT molecular complexity index is 751. The average Bonchev–Trinajstić information content (AvgIpc) is 2.92. The predicted octanol–water partition coefficient (Wildman–Crippen LogP) is 2.85. The first-order valence-corrected chi connectivity index (χ1v) is 7.74. The van der Waals surface area contributed by atoms with Crippen LogP contribution in [0, 0.1) is 11.6 Å². The number of halogens is 3. The second-order valence-corrected chi connectivity index (χ2v) is 5.79. The molecule has 24 heavy (non-hydrogen) atoms. The van der Waals surface area contributed by atoms with Gasteiger partial charge in [0, 0.05) is 6.54 Å². The molecule has 132 valence electrons. The van der Waals surface area contributed by atoms with Crippen LogP contribution in [0.1, 0.15) is 16.8 Å². The number of nitrogens with zero attached hydrogens (tertiary/aromatic N) is 3. The van der Waals surface area contributed by atoms with Crippen LogP contribution < -0.4 is 5.32 Å². The normalized spacial score (nSPS) is 11.3. The molecule has 0 saturated heterocycles. The van der Waals surface area contributed by atoms with Gasteiger partial charge in [0.15, 0.2) is 24.0 Å². The third-order valence-corrected chi connectivity index (χ3v) is 3.81. The van der Waals surface area contributed by atoms with E-state index in [1.54, 1.807) is 0 Å². The molecule has 1 aromatic carbocycles. The molecular formula is C14H17F3N4O2S. The van der Waals surface area contributed by atoms with Crippen LogP contribution >= 0.6 is 12.3 Å². The van der Waals surface area contributed by atoms with E-state index in [0.29, 0.717) is 12.6 Å². The molecule has 0 aliphatic rings. The Kier molecular flexibility index (Phi) is 5.94. The number of aromatic nitrogens is 2. The number of benzene rings is 1. The number of hydrogen-bond acceptors (Lipinski definition) is 6. The summed E-state index contributed by atoms with van der Waals surface area (Å²) in [4.78, 5) is 17.7. The summed E-state index contributed by atoms with van der Waals surface area (Å²) in [7, 11) is 4.92. The van der Waals surface area contributed by atoms with Crippen molar-refractivity contribution in [3.8, 4) is 0 Å². The fraction of sp³-hybridized carbons (Fsp3) is 0.429. The van der Waals surface area contributed by atoms with Crippen molar-refractivity contribution in [1.29, 1.82) is 0 Å². The number of hydrogen-bond donors (Lipinski definition) is 1. The molecule has 10 heteroatoms. The van der Waals surface area contributed by atoms with Crippen LogP contribution in [0.5, 0.6) is 0 Å². The molecule has 1 heterocycles. The molecule has 1 N–H and O–H groups in total. The number of esters is 1. The number of carbonyl (C=O) groups excluding carboxylic acids is 1. The number of imidazole rings is 1. The lowest BCUT2D eigenvalue weighted by atomic mass is 10.1. The van der Waals surface area contributed by atoms with Crippen molar-refractivity contribution in [3.05, 3.63) is 23.3 Å². The Morgan fingerprint density at radius 1 is 1.46 bits per heavy atom. The zero-order valence-electron chi connectivity index (χ0n) is 13.4. The van der Waals surface area contributed by atoms with Crippen LogP contribution in [0.4, 0.5) is 18.6 Å². The fourth-order valence-corrected chi connectivity index (χ4v) is 2.63. The van der Waals surface area contributed by atoms with E-state index in [-0.39, 0.29) is 29.4 Å². The zero-order chi connectivity index (χ0) is 17.9. The molecular weight excluding hydrogens is 345 g/mol. The van der Waals surface area contributed by atoms with Gasteiger partial charge in [-0.2, -0.15) is 0 Å². The summed E-state index contributed by atoms with van der Waals surface area (Å²) in [5.41, 5.74) is -0.913. The Labute approximate surface area is 141 Å². The van der Waals surface area contributed by atoms with Crippen LogP contribution in [-0.4, -0.2) is 54.1 Å². The first-order valence-electron chi connectivity index (χ1n) is 7.07. The molecule has 2 rings (SSSR count). The fourth-order valence-electron chi connectivity index (χ4n) is 2.21. The SMILES string of the molecule is COC(=O)c1cc(F)c(F)c2nc(NCCCN(C)C)n(SF)c12. The molecule has 0 radical (unpaired) electrons. The number of ether oxygens (including phenoxy) is 1. The number of carbonyl (C=O) groups is 1. The molecule has 0 amide bonds. The lowest BCUT2D eigenvalue weighted by Gasteiger charge is -2.10. The number of anilines is 1. The molecule has 0 fully saturated rings. The molecule has 0 bridgehead atoms. The van der Waals surface area contributed by atoms with Crippen LogP contribution in [0.15, 0.2) is 6.07 Å². The Morgan fingerprint density at radius 2 is 2.17 bits per heavy atom. The Hall–Kier alpha value is -1.94. The molecule has 0 unspecified atom stereocenters. The van der Waals surface area contributed by atoms with Crippen molar-refractivity contribution < 1.29 is 22.2 Å². The molecule has 2 aromatic rings. The number of methoxy groups -OCH3 is 1. The van der Waals surface area contributed by atoms with Gasteiger partial charge in [-0.1, -0.05) is 0 Å². The molecule has 0 saturated carbocycles. The molecule has 0 spiro atoms. The maximum Gasteiger partial charge on any atom is 0.340 e. The van der Waals surface area contributed by atoms with Crippen LogP contribution in [0.25, 0.3) is 11.0 Å². The Balaban J connectivity index is 2.47. The van der Waals surface area contributed by atoms with Crippen molar-refractivity contribution in [2.75, 3.05) is 39.6 Å². The summed E-state index contributed by atoms with van der Waals surface area (Å²) >= 11 is -0.263. The van der Waals surface area contributed by atoms with E-state index < -0.39 is 23.1 Å². The first-order chi connectivity index (χ1) is 11.4. The van der Waals surface area contributed by atoms with Crippen molar-refractivity contribution in [2.45, 2.75) is 6.42 Å². The van der Waals surface area contributed by atoms with Crippen molar-refractivity contribution in [3.63, 3.8) is 0 Å². The number of rotatable bonds is 7. The molecule has 0 aliphatic heterocycles. The third kappa shape index (κ3) is 3.59. The van der Waals surface area contributed by atoms with E-state index in [0.717, 1.165) is 24.0 Å². The summed E-state index contributed by atoms with van der Waals surface area (Å²) in [5.74, 6) is -3.42. The van der Waals surface area contributed by atoms with E-state index in [1.807, 2.05) is 19.0 Å². The highest BCUT2D eigenvalue weighted by atomic mass is 32.2. The monoisotopic (exact) mass is 362 g/mol.